The summed E-state index contributed by atoms with van der Waals surface area (Å²) in [5.41, 5.74) is 3.48. The van der Waals surface area contributed by atoms with Crippen LogP contribution in [0.1, 0.15) is 55.2 Å². The van der Waals surface area contributed by atoms with Gasteiger partial charge in [0.25, 0.3) is 0 Å². The molecule has 3 heteroatoms. The monoisotopic (exact) mass is 357 g/mol. The average Bonchev–Trinajstić information content (AvgIpc) is 2.62. The molecule has 0 bridgehead atoms. The van der Waals surface area contributed by atoms with Gasteiger partial charge in [0, 0.05) is 6.54 Å². The van der Waals surface area contributed by atoms with Gasteiger partial charge in [-0.3, -0.25) is 0 Å². The first-order chi connectivity index (χ1) is 12.5. The Bertz CT molecular complexity index is 725. The van der Waals surface area contributed by atoms with Crippen LogP contribution < -0.4 is 5.32 Å². The summed E-state index contributed by atoms with van der Waals surface area (Å²) < 4.78 is 29.1. The highest BCUT2D eigenvalue weighted by Crippen LogP contribution is 2.29. The normalized spacial score (nSPS) is 15.4. The van der Waals surface area contributed by atoms with Gasteiger partial charge in [0.05, 0.1) is 5.56 Å². The molecule has 0 atom stereocenters. The fourth-order valence-corrected chi connectivity index (χ4v) is 3.92. The van der Waals surface area contributed by atoms with Crippen LogP contribution in [0.15, 0.2) is 30.3 Å². The molecule has 1 nitrogen and oxygen atoms in total. The number of rotatable bonds is 6. The van der Waals surface area contributed by atoms with Crippen molar-refractivity contribution < 1.29 is 8.78 Å². The maximum absolute atomic E-state index is 14.6. The largest absolute Gasteiger partial charge is 0.313 e. The summed E-state index contributed by atoms with van der Waals surface area (Å²) >= 11 is 0. The van der Waals surface area contributed by atoms with Crippen LogP contribution in [0.2, 0.25) is 0 Å². The van der Waals surface area contributed by atoms with E-state index in [1.54, 1.807) is 6.07 Å². The summed E-state index contributed by atoms with van der Waals surface area (Å²) in [5, 5.41) is 3.35. The van der Waals surface area contributed by atoms with Crippen LogP contribution in [0.25, 0.3) is 11.1 Å². The van der Waals surface area contributed by atoms with E-state index in [0.717, 1.165) is 30.0 Å². The minimum absolute atomic E-state index is 0.0686. The maximum atomic E-state index is 14.6. The lowest BCUT2D eigenvalue weighted by molar-refractivity contribution is 0.334. The van der Waals surface area contributed by atoms with E-state index in [1.807, 2.05) is 26.0 Å². The molecule has 0 radical (unpaired) electrons. The molecule has 1 saturated carbocycles. The summed E-state index contributed by atoms with van der Waals surface area (Å²) in [6, 6.07) is 8.46. The Morgan fingerprint density at radius 1 is 0.923 bits per heavy atom. The van der Waals surface area contributed by atoms with Crippen LogP contribution in [0.4, 0.5) is 8.78 Å². The first-order valence-electron chi connectivity index (χ1n) is 9.81. The van der Waals surface area contributed by atoms with E-state index >= 15 is 0 Å². The zero-order valence-corrected chi connectivity index (χ0v) is 15.9. The van der Waals surface area contributed by atoms with Gasteiger partial charge in [-0.2, -0.15) is 0 Å². The fourth-order valence-electron chi connectivity index (χ4n) is 3.92. The molecule has 0 aromatic heterocycles. The predicted molar refractivity (Wildman–Crippen MR) is 104 cm³/mol. The number of halogens is 2. The Morgan fingerprint density at radius 3 is 2.27 bits per heavy atom. The zero-order valence-electron chi connectivity index (χ0n) is 15.9. The van der Waals surface area contributed by atoms with Gasteiger partial charge >= 0.3 is 0 Å². The molecule has 1 N–H and O–H groups in total. The van der Waals surface area contributed by atoms with E-state index < -0.39 is 11.6 Å². The Kier molecular flexibility index (Phi) is 6.42. The molecule has 140 valence electrons. The number of nitrogens with one attached hydrogen (secondary N) is 1. The van der Waals surface area contributed by atoms with E-state index in [0.29, 0.717) is 17.7 Å². The molecular weight excluding hydrogens is 328 g/mol. The van der Waals surface area contributed by atoms with E-state index in [-0.39, 0.29) is 5.56 Å². The predicted octanol–water partition coefficient (Wildman–Crippen LogP) is 6.31. The SMILES string of the molecule is Cc1ccc(-c2c(F)cc(CNCCC3CCCCC3)cc2F)cc1C. The van der Waals surface area contributed by atoms with Crippen molar-refractivity contribution in [2.75, 3.05) is 6.54 Å². The lowest BCUT2D eigenvalue weighted by atomic mass is 9.87. The highest BCUT2D eigenvalue weighted by molar-refractivity contribution is 5.66. The molecule has 0 aliphatic heterocycles. The summed E-state index contributed by atoms with van der Waals surface area (Å²) in [7, 11) is 0. The lowest BCUT2D eigenvalue weighted by Crippen LogP contribution is -2.19. The zero-order chi connectivity index (χ0) is 18.5. The second kappa shape index (κ2) is 8.77. The van der Waals surface area contributed by atoms with Gasteiger partial charge in [0.15, 0.2) is 0 Å². The molecule has 26 heavy (non-hydrogen) atoms. The van der Waals surface area contributed by atoms with Crippen LogP contribution in [0, 0.1) is 31.4 Å². The van der Waals surface area contributed by atoms with Crippen molar-refractivity contribution in [3.63, 3.8) is 0 Å². The van der Waals surface area contributed by atoms with Gasteiger partial charge < -0.3 is 5.32 Å². The molecule has 0 amide bonds. The Hall–Kier alpha value is -1.74. The Morgan fingerprint density at radius 2 is 1.62 bits per heavy atom. The standard InChI is InChI=1S/C23H29F2N/c1-16-8-9-20(12-17(16)2)23-21(24)13-19(14-22(23)25)15-26-11-10-18-6-4-3-5-7-18/h8-9,12-14,18,26H,3-7,10-11,15H2,1-2H3. The van der Waals surface area contributed by atoms with Crippen LogP contribution in [0.5, 0.6) is 0 Å². The Balaban J connectivity index is 1.62. The van der Waals surface area contributed by atoms with Crippen molar-refractivity contribution in [1.29, 1.82) is 0 Å². The van der Waals surface area contributed by atoms with Crippen molar-refractivity contribution in [1.82, 2.24) is 5.32 Å². The second-order valence-corrected chi connectivity index (χ2v) is 7.70. The number of benzene rings is 2. The van der Waals surface area contributed by atoms with Crippen molar-refractivity contribution >= 4 is 0 Å². The molecule has 0 heterocycles. The average molecular weight is 357 g/mol. The molecule has 0 unspecified atom stereocenters. The first-order valence-corrected chi connectivity index (χ1v) is 9.81. The van der Waals surface area contributed by atoms with Crippen molar-refractivity contribution in [3.05, 3.63) is 58.7 Å². The van der Waals surface area contributed by atoms with Gasteiger partial charge in [0.1, 0.15) is 11.6 Å². The van der Waals surface area contributed by atoms with Gasteiger partial charge in [0.2, 0.25) is 0 Å². The van der Waals surface area contributed by atoms with E-state index in [9.17, 15) is 8.78 Å². The quantitative estimate of drug-likeness (QED) is 0.597. The van der Waals surface area contributed by atoms with Gasteiger partial charge in [-0.25, -0.2) is 8.78 Å². The lowest BCUT2D eigenvalue weighted by Gasteiger charge is -2.21. The van der Waals surface area contributed by atoms with Gasteiger partial charge in [-0.1, -0.05) is 50.3 Å². The topological polar surface area (TPSA) is 12.0 Å². The highest BCUT2D eigenvalue weighted by Gasteiger charge is 2.15. The summed E-state index contributed by atoms with van der Waals surface area (Å²) in [5.74, 6) is -0.161. The maximum Gasteiger partial charge on any atom is 0.134 e. The van der Waals surface area contributed by atoms with Crippen LogP contribution in [0.3, 0.4) is 0 Å². The fraction of sp³-hybridized carbons (Fsp3) is 0.478. The third-order valence-corrected chi connectivity index (χ3v) is 5.68. The minimum Gasteiger partial charge on any atom is -0.313 e. The number of aryl methyl sites for hydroxylation is 2. The van der Waals surface area contributed by atoms with Crippen LogP contribution in [-0.2, 0) is 6.54 Å². The summed E-state index contributed by atoms with van der Waals surface area (Å²) in [6.45, 7) is 5.37. The minimum atomic E-state index is -0.489. The van der Waals surface area contributed by atoms with E-state index in [4.69, 9.17) is 0 Å². The molecule has 3 rings (SSSR count). The highest BCUT2D eigenvalue weighted by atomic mass is 19.1. The van der Waals surface area contributed by atoms with Gasteiger partial charge in [-0.05, 0) is 67.1 Å². The number of hydrogen-bond acceptors (Lipinski definition) is 1. The summed E-state index contributed by atoms with van der Waals surface area (Å²) in [4.78, 5) is 0. The van der Waals surface area contributed by atoms with Crippen LogP contribution >= 0.6 is 0 Å². The van der Waals surface area contributed by atoms with Crippen molar-refractivity contribution in [2.24, 2.45) is 5.92 Å². The second-order valence-electron chi connectivity index (χ2n) is 7.70. The molecule has 2 aromatic carbocycles. The van der Waals surface area contributed by atoms with Crippen LogP contribution in [-0.4, -0.2) is 6.54 Å². The molecule has 0 spiro atoms. The summed E-state index contributed by atoms with van der Waals surface area (Å²) in [6.07, 6.45) is 7.88. The molecular formula is C23H29F2N. The Labute approximate surface area is 155 Å². The van der Waals surface area contributed by atoms with Gasteiger partial charge in [-0.15, -0.1) is 0 Å². The van der Waals surface area contributed by atoms with Crippen molar-refractivity contribution in [3.8, 4) is 11.1 Å². The molecule has 1 aliphatic carbocycles. The molecule has 0 saturated heterocycles. The first kappa shape index (κ1) is 19.0. The number of hydrogen-bond donors (Lipinski definition) is 1. The van der Waals surface area contributed by atoms with Crippen molar-refractivity contribution in [2.45, 2.75) is 58.9 Å². The van der Waals surface area contributed by atoms with E-state index in [2.05, 4.69) is 5.32 Å². The molecule has 1 fully saturated rings. The molecule has 2 aromatic rings. The third-order valence-electron chi connectivity index (χ3n) is 5.68. The molecule has 1 aliphatic rings. The van der Waals surface area contributed by atoms with E-state index in [1.165, 1.54) is 44.2 Å². The third kappa shape index (κ3) is 4.70. The smallest absolute Gasteiger partial charge is 0.134 e.